The number of aliphatic imine (C=N–C) groups is 1. The molecule has 0 aromatic heterocycles. The number of rotatable bonds is 9. The maximum atomic E-state index is 14.2. The number of hydrogen-bond donors (Lipinski definition) is 0. The van der Waals surface area contributed by atoms with Crippen LogP contribution in [0.3, 0.4) is 0 Å². The molecule has 2 unspecified atom stereocenters. The first-order chi connectivity index (χ1) is 16.9. The van der Waals surface area contributed by atoms with Gasteiger partial charge in [-0.25, -0.2) is 4.79 Å². The van der Waals surface area contributed by atoms with Gasteiger partial charge in [0.15, 0.2) is 11.5 Å². The first kappa shape index (κ1) is 28.1. The molecule has 0 spiro atoms. The number of ether oxygens (including phenoxy) is 3. The number of nitrogens with zero attached hydrogens (tertiary/aromatic N) is 1. The van der Waals surface area contributed by atoms with E-state index in [0.29, 0.717) is 21.9 Å². The van der Waals surface area contributed by atoms with Crippen molar-refractivity contribution in [1.29, 1.82) is 0 Å². The lowest BCUT2D eigenvalue weighted by Crippen LogP contribution is -2.27. The van der Waals surface area contributed by atoms with Crippen LogP contribution >= 0.6 is 23.5 Å². The topological polar surface area (TPSA) is 57.1 Å². The van der Waals surface area contributed by atoms with E-state index in [1.54, 1.807) is 13.0 Å². The molecule has 0 fully saturated rings. The largest absolute Gasteiger partial charge is 0.493 e. The molecule has 12 heteroatoms. The molecule has 0 aliphatic carbocycles. The molecule has 1 aliphatic rings. The molecule has 2 atom stereocenters. The van der Waals surface area contributed by atoms with Gasteiger partial charge in [-0.2, -0.15) is 22.0 Å². The summed E-state index contributed by atoms with van der Waals surface area (Å²) in [5.41, 5.74) is 0.306. The molecule has 5 nitrogen and oxygen atoms in total. The third-order valence-corrected chi connectivity index (χ3v) is 7.68. The zero-order valence-electron chi connectivity index (χ0n) is 19.8. The molecule has 3 rings (SSSR count). The van der Waals surface area contributed by atoms with Crippen molar-refractivity contribution in [3.8, 4) is 11.5 Å². The van der Waals surface area contributed by atoms with Crippen LogP contribution in [0.4, 0.5) is 22.0 Å². The molecule has 36 heavy (non-hydrogen) atoms. The summed E-state index contributed by atoms with van der Waals surface area (Å²) < 4.78 is 82.6. The van der Waals surface area contributed by atoms with Crippen molar-refractivity contribution >= 4 is 34.5 Å². The Bertz CT molecular complexity index is 1120. The van der Waals surface area contributed by atoms with Crippen molar-refractivity contribution < 1.29 is 41.0 Å². The molecule has 1 heterocycles. The molecular formula is C24H24F5NO4S2. The van der Waals surface area contributed by atoms with Gasteiger partial charge in [0, 0.05) is 10.5 Å². The molecule has 2 aromatic carbocycles. The highest BCUT2D eigenvalue weighted by Gasteiger charge is 2.42. The van der Waals surface area contributed by atoms with E-state index in [4.69, 9.17) is 9.47 Å². The van der Waals surface area contributed by atoms with E-state index in [1.807, 2.05) is 6.92 Å². The van der Waals surface area contributed by atoms with Crippen molar-refractivity contribution in [2.45, 2.75) is 48.4 Å². The Morgan fingerprint density at radius 1 is 1.11 bits per heavy atom. The number of aryl methyl sites for hydroxylation is 1. The van der Waals surface area contributed by atoms with Gasteiger partial charge >= 0.3 is 17.4 Å². The second kappa shape index (κ2) is 11.3. The number of hydrogen-bond acceptors (Lipinski definition) is 7. The fourth-order valence-electron chi connectivity index (χ4n) is 3.25. The van der Waals surface area contributed by atoms with Crippen molar-refractivity contribution in [3.05, 3.63) is 53.1 Å². The van der Waals surface area contributed by atoms with Crippen LogP contribution in [-0.2, 0) is 15.7 Å². The van der Waals surface area contributed by atoms with Gasteiger partial charge in [-0.15, -0.1) is 0 Å². The van der Waals surface area contributed by atoms with Gasteiger partial charge in [0.1, 0.15) is 6.61 Å². The van der Waals surface area contributed by atoms with Crippen LogP contribution in [0.1, 0.15) is 30.5 Å². The summed E-state index contributed by atoms with van der Waals surface area (Å²) in [4.78, 5) is 16.2. The summed E-state index contributed by atoms with van der Waals surface area (Å²) in [6.07, 6.45) is -4.41. The van der Waals surface area contributed by atoms with Gasteiger partial charge in [0.2, 0.25) is 0 Å². The first-order valence-corrected chi connectivity index (χ1v) is 12.5. The molecule has 0 bridgehead atoms. The van der Waals surface area contributed by atoms with Gasteiger partial charge in [-0.05, 0) is 62.4 Å². The van der Waals surface area contributed by atoms with E-state index in [-0.39, 0.29) is 46.9 Å². The summed E-state index contributed by atoms with van der Waals surface area (Å²) in [7, 11) is 1.37. The predicted octanol–water partition coefficient (Wildman–Crippen LogP) is 6.60. The monoisotopic (exact) mass is 549 g/mol. The smallest absolute Gasteiger partial charge is 0.416 e. The molecule has 0 saturated carbocycles. The molecule has 2 aromatic rings. The van der Waals surface area contributed by atoms with E-state index in [0.717, 1.165) is 12.1 Å². The van der Waals surface area contributed by atoms with Crippen LogP contribution in [0.5, 0.6) is 11.5 Å². The maximum absolute atomic E-state index is 14.2. The number of benzene rings is 2. The van der Waals surface area contributed by atoms with Gasteiger partial charge < -0.3 is 14.2 Å². The number of alkyl halides is 5. The van der Waals surface area contributed by atoms with E-state index in [2.05, 4.69) is 9.73 Å². The Morgan fingerprint density at radius 2 is 1.78 bits per heavy atom. The van der Waals surface area contributed by atoms with Gasteiger partial charge in [-0.1, -0.05) is 23.9 Å². The summed E-state index contributed by atoms with van der Waals surface area (Å²) >= 11 is 1.46. The van der Waals surface area contributed by atoms with E-state index in [1.165, 1.54) is 44.0 Å². The molecule has 0 radical (unpaired) electrons. The molecular weight excluding hydrogens is 525 g/mol. The first-order valence-electron chi connectivity index (χ1n) is 10.8. The molecule has 0 saturated heterocycles. The van der Waals surface area contributed by atoms with Crippen LogP contribution in [0.15, 0.2) is 46.3 Å². The number of halogens is 5. The van der Waals surface area contributed by atoms with Gasteiger partial charge in [0.25, 0.3) is 0 Å². The van der Waals surface area contributed by atoms with E-state index < -0.39 is 23.0 Å². The zero-order valence-corrected chi connectivity index (χ0v) is 21.5. The fourth-order valence-corrected chi connectivity index (χ4v) is 5.23. The average molecular weight is 550 g/mol. The standard InChI is InChI=1S/C24H24F5NO4S2/c1-5-33-22(31)24(28,29)36-19-11-17(32-4)18(10-13(19)2)34-12-20-14(3)30-21(35-20)15-6-8-16(9-7-15)23(25,26)27/h6-11,14,20H,5,12H2,1-4H3. The SMILES string of the molecule is CCOC(=O)C(F)(F)Sc1cc(OC)c(OCC2SC(c3ccc(C(F)(F)F)cc3)=NC2C)cc1C. The lowest BCUT2D eigenvalue weighted by Gasteiger charge is -2.19. The molecule has 196 valence electrons. The van der Waals surface area contributed by atoms with Crippen molar-refractivity contribution in [3.63, 3.8) is 0 Å². The Labute approximate surface area is 213 Å². The van der Waals surface area contributed by atoms with Crippen LogP contribution in [-0.4, -0.2) is 47.9 Å². The third kappa shape index (κ3) is 6.64. The Balaban J connectivity index is 1.68. The lowest BCUT2D eigenvalue weighted by atomic mass is 10.1. The number of esters is 1. The van der Waals surface area contributed by atoms with Gasteiger partial charge in [-0.3, -0.25) is 4.99 Å². The number of carbonyl (C=O) groups excluding carboxylic acids is 1. The van der Waals surface area contributed by atoms with Crippen molar-refractivity contribution in [2.75, 3.05) is 20.3 Å². The second-order valence-corrected chi connectivity index (χ2v) is 10.2. The highest BCUT2D eigenvalue weighted by molar-refractivity contribution is 8.15. The minimum atomic E-state index is -4.41. The number of carbonyl (C=O) groups is 1. The van der Waals surface area contributed by atoms with Crippen molar-refractivity contribution in [1.82, 2.24) is 0 Å². The summed E-state index contributed by atoms with van der Waals surface area (Å²) in [5, 5.41) is -3.29. The van der Waals surface area contributed by atoms with Gasteiger partial charge in [0.05, 0.1) is 35.6 Å². The summed E-state index contributed by atoms with van der Waals surface area (Å²) in [5.74, 6) is -1.08. The third-order valence-electron chi connectivity index (χ3n) is 5.20. The lowest BCUT2D eigenvalue weighted by molar-refractivity contribution is -0.159. The number of thioether (sulfide) groups is 2. The summed E-state index contributed by atoms with van der Waals surface area (Å²) in [6, 6.07) is 7.57. The predicted molar refractivity (Wildman–Crippen MR) is 129 cm³/mol. The van der Waals surface area contributed by atoms with Crippen LogP contribution in [0.2, 0.25) is 0 Å². The molecule has 0 amide bonds. The Hall–Kier alpha value is -2.47. The van der Waals surface area contributed by atoms with Crippen LogP contribution in [0.25, 0.3) is 0 Å². The Morgan fingerprint density at radius 3 is 2.36 bits per heavy atom. The Kier molecular flexibility index (Phi) is 8.81. The van der Waals surface area contributed by atoms with Crippen LogP contribution < -0.4 is 9.47 Å². The maximum Gasteiger partial charge on any atom is 0.416 e. The minimum Gasteiger partial charge on any atom is -0.493 e. The van der Waals surface area contributed by atoms with Crippen molar-refractivity contribution in [2.24, 2.45) is 4.99 Å². The van der Waals surface area contributed by atoms with E-state index >= 15 is 0 Å². The van der Waals surface area contributed by atoms with Crippen LogP contribution in [0, 0.1) is 6.92 Å². The highest BCUT2D eigenvalue weighted by atomic mass is 32.2. The normalized spacial score (nSPS) is 18.1. The van der Waals surface area contributed by atoms with E-state index in [9.17, 15) is 26.7 Å². The zero-order chi connectivity index (χ0) is 26.7. The number of methoxy groups -OCH3 is 1. The average Bonchev–Trinajstić information content (AvgIpc) is 3.19. The fraction of sp³-hybridized carbons (Fsp3) is 0.417. The second-order valence-electron chi connectivity index (χ2n) is 7.83. The molecule has 1 aliphatic heterocycles. The summed E-state index contributed by atoms with van der Waals surface area (Å²) in [6.45, 7) is 4.96. The highest BCUT2D eigenvalue weighted by Crippen LogP contribution is 2.43. The quantitative estimate of drug-likeness (QED) is 0.200. The molecule has 0 N–H and O–H groups in total. The minimum absolute atomic E-state index is 0.0666.